The average Bonchev–Trinajstić information content (AvgIpc) is 2.46. The molecule has 0 N–H and O–H groups in total. The van der Waals surface area contributed by atoms with E-state index in [-0.39, 0.29) is 6.08 Å². The Morgan fingerprint density at radius 3 is 1.75 bits per heavy atom. The molecule has 0 saturated carbocycles. The van der Waals surface area contributed by atoms with E-state index in [4.69, 9.17) is 9.47 Å². The van der Waals surface area contributed by atoms with Crippen molar-refractivity contribution in [3.05, 3.63) is 29.8 Å². The number of hydrogen-bond donors (Lipinski definition) is 0. The molecule has 0 atom stereocenters. The van der Waals surface area contributed by atoms with Gasteiger partial charge in [0.2, 0.25) is 0 Å². The van der Waals surface area contributed by atoms with E-state index in [0.29, 0.717) is 5.69 Å². The van der Waals surface area contributed by atoms with Gasteiger partial charge < -0.3 is 9.47 Å². The molecular weight excluding hydrogens is 271 g/mol. The predicted octanol–water partition coefficient (Wildman–Crippen LogP) is 4.30. The van der Waals surface area contributed by atoms with Gasteiger partial charge in [0.1, 0.15) is 11.2 Å². The van der Waals surface area contributed by atoms with Crippen molar-refractivity contribution < 1.29 is 22.6 Å². The first kappa shape index (κ1) is 14.7. The molecule has 20 heavy (non-hydrogen) atoms. The summed E-state index contributed by atoms with van der Waals surface area (Å²) in [5.41, 5.74) is -1.48. The van der Waals surface area contributed by atoms with Crippen LogP contribution in [0.25, 0.3) is 0 Å². The number of benzene rings is 1. The Labute approximate surface area is 115 Å². The van der Waals surface area contributed by atoms with Crippen LogP contribution in [0.1, 0.15) is 33.3 Å². The highest BCUT2D eigenvalue weighted by Crippen LogP contribution is 2.37. The van der Waals surface area contributed by atoms with Gasteiger partial charge in [-0.05, 0) is 52.0 Å². The maximum atomic E-state index is 12.4. The minimum atomic E-state index is -4.35. The molecule has 0 bridgehead atoms. The summed E-state index contributed by atoms with van der Waals surface area (Å²) in [6.07, 6.45) is -4.28. The topological polar surface area (TPSA) is 30.8 Å². The summed E-state index contributed by atoms with van der Waals surface area (Å²) in [4.78, 5) is 4.08. The van der Waals surface area contributed by atoms with Crippen LogP contribution in [0.5, 0.6) is 0 Å². The third kappa shape index (κ3) is 2.73. The third-order valence-electron chi connectivity index (χ3n) is 3.55. The summed E-state index contributed by atoms with van der Waals surface area (Å²) in [5.74, 6) is 0. The Kier molecular flexibility index (Phi) is 3.23. The number of ether oxygens (including phenoxy) is 2. The Hall–Kier alpha value is -1.72. The molecule has 1 saturated heterocycles. The smallest absolute Gasteiger partial charge is 0.416 e. The number of halogens is 3. The van der Waals surface area contributed by atoms with Gasteiger partial charge in [0.05, 0.1) is 11.3 Å². The maximum absolute atomic E-state index is 12.4. The largest absolute Gasteiger partial charge is 0.440 e. The monoisotopic (exact) mass is 287 g/mol. The van der Waals surface area contributed by atoms with E-state index in [1.54, 1.807) is 0 Å². The highest BCUT2D eigenvalue weighted by atomic mass is 19.4. The van der Waals surface area contributed by atoms with Crippen LogP contribution in [-0.4, -0.2) is 17.3 Å². The Bertz CT molecular complexity index is 512. The van der Waals surface area contributed by atoms with Gasteiger partial charge in [0, 0.05) is 0 Å². The van der Waals surface area contributed by atoms with Crippen LogP contribution >= 0.6 is 0 Å². The zero-order valence-electron chi connectivity index (χ0n) is 11.7. The summed E-state index contributed by atoms with van der Waals surface area (Å²) in [5, 5.41) is 0. The molecule has 0 radical (unpaired) electrons. The van der Waals surface area contributed by atoms with Crippen LogP contribution < -0.4 is 0 Å². The van der Waals surface area contributed by atoms with Gasteiger partial charge in [0.15, 0.2) is 0 Å². The molecule has 0 spiro atoms. The van der Waals surface area contributed by atoms with E-state index in [0.717, 1.165) is 12.1 Å². The molecule has 1 fully saturated rings. The van der Waals surface area contributed by atoms with Gasteiger partial charge in [-0.25, -0.2) is 0 Å². The van der Waals surface area contributed by atoms with E-state index in [2.05, 4.69) is 4.99 Å². The van der Waals surface area contributed by atoms with Crippen molar-refractivity contribution >= 4 is 11.8 Å². The first-order valence-electron chi connectivity index (χ1n) is 6.15. The lowest BCUT2D eigenvalue weighted by Gasteiger charge is -2.28. The molecule has 0 amide bonds. The summed E-state index contributed by atoms with van der Waals surface area (Å²) in [6, 6.07) is 4.51. The fourth-order valence-electron chi connectivity index (χ4n) is 1.58. The van der Waals surface area contributed by atoms with Crippen LogP contribution in [0.4, 0.5) is 18.9 Å². The highest BCUT2D eigenvalue weighted by Gasteiger charge is 2.49. The zero-order valence-corrected chi connectivity index (χ0v) is 11.7. The number of aliphatic imine (C=N–C) groups is 1. The van der Waals surface area contributed by atoms with E-state index < -0.39 is 22.9 Å². The van der Waals surface area contributed by atoms with Crippen LogP contribution in [0.2, 0.25) is 0 Å². The molecule has 6 heteroatoms. The Morgan fingerprint density at radius 1 is 0.900 bits per heavy atom. The molecule has 0 aliphatic carbocycles. The molecular formula is C14H16F3NO2. The fourth-order valence-corrected chi connectivity index (χ4v) is 1.58. The van der Waals surface area contributed by atoms with Gasteiger partial charge >= 0.3 is 12.3 Å². The maximum Gasteiger partial charge on any atom is 0.416 e. The summed E-state index contributed by atoms with van der Waals surface area (Å²) in [6.45, 7) is 7.45. The lowest BCUT2D eigenvalue weighted by atomic mass is 9.90. The van der Waals surface area contributed by atoms with E-state index >= 15 is 0 Å². The van der Waals surface area contributed by atoms with Gasteiger partial charge in [0.25, 0.3) is 0 Å². The van der Waals surface area contributed by atoms with Crippen LogP contribution in [0.3, 0.4) is 0 Å². The molecule has 1 aliphatic rings. The molecule has 1 aromatic rings. The van der Waals surface area contributed by atoms with Gasteiger partial charge in [-0.1, -0.05) is 0 Å². The lowest BCUT2D eigenvalue weighted by Crippen LogP contribution is -2.41. The molecule has 1 aliphatic heterocycles. The Balaban J connectivity index is 2.21. The fraction of sp³-hybridized carbons (Fsp3) is 0.500. The number of rotatable bonds is 1. The first-order valence-corrected chi connectivity index (χ1v) is 6.15. The van der Waals surface area contributed by atoms with Gasteiger partial charge in [-0.3, -0.25) is 0 Å². The molecule has 110 valence electrons. The van der Waals surface area contributed by atoms with Gasteiger partial charge in [-0.2, -0.15) is 18.2 Å². The van der Waals surface area contributed by atoms with Crippen molar-refractivity contribution in [3.8, 4) is 0 Å². The van der Waals surface area contributed by atoms with Crippen LogP contribution in [0.15, 0.2) is 29.3 Å². The molecule has 1 aromatic carbocycles. The second kappa shape index (κ2) is 4.40. The second-order valence-electron chi connectivity index (χ2n) is 5.65. The van der Waals surface area contributed by atoms with E-state index in [1.165, 1.54) is 12.1 Å². The number of alkyl halides is 3. The quantitative estimate of drug-likeness (QED) is 0.771. The summed E-state index contributed by atoms with van der Waals surface area (Å²) in [7, 11) is 0. The normalized spacial score (nSPS) is 20.2. The van der Waals surface area contributed by atoms with Crippen molar-refractivity contribution in [3.63, 3.8) is 0 Å². The summed E-state index contributed by atoms with van der Waals surface area (Å²) >= 11 is 0. The van der Waals surface area contributed by atoms with Crippen molar-refractivity contribution in [2.75, 3.05) is 0 Å². The summed E-state index contributed by atoms with van der Waals surface area (Å²) < 4.78 is 48.5. The molecule has 0 unspecified atom stereocenters. The first-order chi connectivity index (χ1) is 9.01. The Morgan fingerprint density at radius 2 is 1.35 bits per heavy atom. The molecule has 0 aromatic heterocycles. The standard InChI is InChI=1S/C14H16F3NO2/c1-12(2)13(3,4)20-11(19-12)18-10-7-5-9(6-8-10)14(15,16)17/h5-8H,1-4H3. The average molecular weight is 287 g/mol. The van der Waals surface area contributed by atoms with E-state index in [1.807, 2.05) is 27.7 Å². The highest BCUT2D eigenvalue weighted by molar-refractivity contribution is 5.74. The van der Waals surface area contributed by atoms with Crippen molar-refractivity contribution in [2.24, 2.45) is 4.99 Å². The zero-order chi connectivity index (χ0) is 15.2. The van der Waals surface area contributed by atoms with Crippen molar-refractivity contribution in [2.45, 2.75) is 45.1 Å². The lowest BCUT2D eigenvalue weighted by molar-refractivity contribution is -0.137. The predicted molar refractivity (Wildman–Crippen MR) is 68.9 cm³/mol. The molecule has 2 rings (SSSR count). The minimum absolute atomic E-state index is 0.0692. The van der Waals surface area contributed by atoms with Gasteiger partial charge in [-0.15, -0.1) is 0 Å². The SMILES string of the molecule is CC1(C)OC(=Nc2ccc(C(F)(F)F)cc2)OC1(C)C. The number of hydrogen-bond acceptors (Lipinski definition) is 3. The third-order valence-corrected chi connectivity index (χ3v) is 3.55. The molecule has 3 nitrogen and oxygen atoms in total. The van der Waals surface area contributed by atoms with Crippen molar-refractivity contribution in [1.29, 1.82) is 0 Å². The minimum Gasteiger partial charge on any atom is -0.440 e. The van der Waals surface area contributed by atoms with Crippen LogP contribution in [-0.2, 0) is 15.7 Å². The van der Waals surface area contributed by atoms with Crippen LogP contribution in [0, 0.1) is 0 Å². The van der Waals surface area contributed by atoms with E-state index in [9.17, 15) is 13.2 Å². The van der Waals surface area contributed by atoms with Crippen molar-refractivity contribution in [1.82, 2.24) is 0 Å². The second-order valence-corrected chi connectivity index (χ2v) is 5.65. The number of nitrogens with zero attached hydrogens (tertiary/aromatic N) is 1. The molecule has 1 heterocycles.